The minimum absolute atomic E-state index is 0.0665. The lowest BCUT2D eigenvalue weighted by Gasteiger charge is -2.14. The molecule has 20 heavy (non-hydrogen) atoms. The highest BCUT2D eigenvalue weighted by molar-refractivity contribution is 7.89. The van der Waals surface area contributed by atoms with Gasteiger partial charge in [-0.3, -0.25) is 10.1 Å². The smallest absolute Gasteiger partial charge is 0.306 e. The second-order valence-corrected chi connectivity index (χ2v) is 6.04. The molecule has 0 radical (unpaired) electrons. The summed E-state index contributed by atoms with van der Waals surface area (Å²) in [6.07, 6.45) is 0.196. The second kappa shape index (κ2) is 6.25. The number of nitrogens with zero attached hydrogens (tertiary/aromatic N) is 1. The Morgan fingerprint density at radius 3 is 2.60 bits per heavy atom. The molecule has 1 rings (SSSR count). The Bertz CT molecular complexity index is 617. The maximum Gasteiger partial charge on any atom is 0.306 e. The van der Waals surface area contributed by atoms with Gasteiger partial charge in [-0.15, -0.1) is 0 Å². The van der Waals surface area contributed by atoms with Gasteiger partial charge in [0.25, 0.3) is 0 Å². The van der Waals surface area contributed by atoms with Gasteiger partial charge in [-0.1, -0.05) is 0 Å². The molecule has 0 amide bonds. The Hall–Kier alpha value is -1.58. The number of nitro groups is 1. The number of aliphatic hydroxyl groups excluding tert-OH is 1. The molecule has 0 heterocycles. The maximum absolute atomic E-state index is 13.4. The van der Waals surface area contributed by atoms with Crippen LogP contribution in [-0.2, 0) is 10.0 Å². The highest BCUT2D eigenvalue weighted by Crippen LogP contribution is 2.25. The van der Waals surface area contributed by atoms with Gasteiger partial charge in [-0.05, 0) is 31.9 Å². The first-order valence-electron chi connectivity index (χ1n) is 5.76. The van der Waals surface area contributed by atoms with Crippen LogP contribution in [0, 0.1) is 22.9 Å². The first-order valence-corrected chi connectivity index (χ1v) is 7.25. The van der Waals surface area contributed by atoms with E-state index >= 15 is 0 Å². The van der Waals surface area contributed by atoms with Crippen molar-refractivity contribution in [3.8, 4) is 0 Å². The maximum atomic E-state index is 13.4. The van der Waals surface area contributed by atoms with Crippen LogP contribution in [0.3, 0.4) is 0 Å². The number of benzene rings is 1. The molecule has 1 aromatic carbocycles. The molecular formula is C11H15FN2O5S. The van der Waals surface area contributed by atoms with Gasteiger partial charge in [0.2, 0.25) is 15.8 Å². The monoisotopic (exact) mass is 306 g/mol. The molecule has 2 N–H and O–H groups in total. The van der Waals surface area contributed by atoms with Crippen LogP contribution < -0.4 is 4.72 Å². The van der Waals surface area contributed by atoms with Crippen LogP contribution in [0.5, 0.6) is 0 Å². The number of nitrogens with one attached hydrogen (secondary N) is 1. The molecule has 0 bridgehead atoms. The zero-order valence-corrected chi connectivity index (χ0v) is 11.8. The SMILES string of the molecule is Cc1cc(F)c([N+](=O)[O-])cc1S(=O)(=O)NC(C)CCO. The highest BCUT2D eigenvalue weighted by atomic mass is 32.2. The topological polar surface area (TPSA) is 110 Å². The number of sulfonamides is 1. The number of halogens is 1. The van der Waals surface area contributed by atoms with E-state index in [9.17, 15) is 22.9 Å². The van der Waals surface area contributed by atoms with Crippen molar-refractivity contribution in [2.45, 2.75) is 31.2 Å². The van der Waals surface area contributed by atoms with E-state index in [1.807, 2.05) is 0 Å². The lowest BCUT2D eigenvalue weighted by molar-refractivity contribution is -0.387. The highest BCUT2D eigenvalue weighted by Gasteiger charge is 2.25. The van der Waals surface area contributed by atoms with Crippen LogP contribution in [0.1, 0.15) is 18.9 Å². The molecule has 0 aliphatic heterocycles. The Balaban J connectivity index is 3.24. The molecule has 9 heteroatoms. The summed E-state index contributed by atoms with van der Waals surface area (Å²) in [6.45, 7) is 2.69. The number of nitro benzene ring substituents is 1. The fourth-order valence-corrected chi connectivity index (χ4v) is 3.18. The van der Waals surface area contributed by atoms with E-state index in [-0.39, 0.29) is 23.5 Å². The zero-order chi connectivity index (χ0) is 15.5. The van der Waals surface area contributed by atoms with Gasteiger partial charge in [0.15, 0.2) is 0 Å². The second-order valence-electron chi connectivity index (χ2n) is 4.36. The van der Waals surface area contributed by atoms with E-state index in [1.54, 1.807) is 6.92 Å². The fourth-order valence-electron chi connectivity index (χ4n) is 1.65. The molecular weight excluding hydrogens is 291 g/mol. The van der Waals surface area contributed by atoms with E-state index < -0.39 is 32.5 Å². The molecule has 1 atom stereocenters. The van der Waals surface area contributed by atoms with Crippen molar-refractivity contribution in [2.24, 2.45) is 0 Å². The molecule has 7 nitrogen and oxygen atoms in total. The van der Waals surface area contributed by atoms with Crippen LogP contribution >= 0.6 is 0 Å². The van der Waals surface area contributed by atoms with E-state index in [2.05, 4.69) is 4.72 Å². The van der Waals surface area contributed by atoms with Gasteiger partial charge in [-0.25, -0.2) is 13.1 Å². The minimum atomic E-state index is -4.02. The summed E-state index contributed by atoms with van der Waals surface area (Å²) in [5.74, 6) is -1.09. The third-order valence-electron chi connectivity index (χ3n) is 2.65. The normalized spacial score (nSPS) is 13.2. The number of aliphatic hydroxyl groups is 1. The van der Waals surface area contributed by atoms with E-state index in [4.69, 9.17) is 5.11 Å². The molecule has 0 aromatic heterocycles. The minimum Gasteiger partial charge on any atom is -0.396 e. The van der Waals surface area contributed by atoms with Gasteiger partial charge in [0.05, 0.1) is 9.82 Å². The van der Waals surface area contributed by atoms with Crippen molar-refractivity contribution >= 4 is 15.7 Å². The Morgan fingerprint density at radius 2 is 2.10 bits per heavy atom. The molecule has 0 spiro atoms. The van der Waals surface area contributed by atoms with Crippen LogP contribution in [-0.4, -0.2) is 31.1 Å². The summed E-state index contributed by atoms with van der Waals surface area (Å²) in [7, 11) is -4.02. The molecule has 1 unspecified atom stereocenters. The van der Waals surface area contributed by atoms with Crippen molar-refractivity contribution in [1.29, 1.82) is 0 Å². The van der Waals surface area contributed by atoms with E-state index in [1.165, 1.54) is 6.92 Å². The predicted octanol–water partition coefficient (Wildman–Crippen LogP) is 1.09. The fraction of sp³-hybridized carbons (Fsp3) is 0.455. The zero-order valence-electron chi connectivity index (χ0n) is 11.0. The molecule has 0 fully saturated rings. The first-order chi connectivity index (χ1) is 9.19. The summed E-state index contributed by atoms with van der Waals surface area (Å²) in [4.78, 5) is 9.32. The third-order valence-corrected chi connectivity index (χ3v) is 4.38. The number of aryl methyl sites for hydroxylation is 1. The van der Waals surface area contributed by atoms with Gasteiger partial charge in [0.1, 0.15) is 0 Å². The molecule has 1 aromatic rings. The predicted molar refractivity (Wildman–Crippen MR) is 69.3 cm³/mol. The van der Waals surface area contributed by atoms with Crippen molar-refractivity contribution in [2.75, 3.05) is 6.61 Å². The standard InChI is InChI=1S/C11H15FN2O5S/c1-7-5-9(12)10(14(16)17)6-11(7)20(18,19)13-8(2)3-4-15/h5-6,8,13,15H,3-4H2,1-2H3. The summed E-state index contributed by atoms with van der Waals surface area (Å²) in [5.41, 5.74) is -0.831. The number of hydrogen-bond acceptors (Lipinski definition) is 5. The number of rotatable bonds is 6. The van der Waals surface area contributed by atoms with Crippen molar-refractivity contribution in [3.05, 3.63) is 33.6 Å². The van der Waals surface area contributed by atoms with E-state index in [0.29, 0.717) is 6.07 Å². The summed E-state index contributed by atoms with van der Waals surface area (Å²) in [6, 6.07) is 0.954. The summed E-state index contributed by atoms with van der Waals surface area (Å²) >= 11 is 0. The quantitative estimate of drug-likeness (QED) is 0.604. The summed E-state index contributed by atoms with van der Waals surface area (Å²) in [5, 5.41) is 19.4. The molecule has 112 valence electrons. The van der Waals surface area contributed by atoms with Crippen molar-refractivity contribution in [3.63, 3.8) is 0 Å². The molecule has 0 saturated carbocycles. The Kier molecular flexibility index (Phi) is 5.15. The van der Waals surface area contributed by atoms with E-state index in [0.717, 1.165) is 6.07 Å². The van der Waals surface area contributed by atoms with Crippen LogP contribution in [0.2, 0.25) is 0 Å². The number of hydrogen-bond donors (Lipinski definition) is 2. The van der Waals surface area contributed by atoms with Gasteiger partial charge in [0, 0.05) is 18.7 Å². The average molecular weight is 306 g/mol. The van der Waals surface area contributed by atoms with Gasteiger partial charge in [-0.2, -0.15) is 4.39 Å². The van der Waals surface area contributed by atoms with Crippen molar-refractivity contribution < 1.29 is 22.8 Å². The first kappa shape index (κ1) is 16.5. The lowest BCUT2D eigenvalue weighted by Crippen LogP contribution is -2.33. The average Bonchev–Trinajstić information content (AvgIpc) is 2.27. The largest absolute Gasteiger partial charge is 0.396 e. The molecule has 0 saturated heterocycles. The summed E-state index contributed by atoms with van der Waals surface area (Å²) < 4.78 is 39.8. The van der Waals surface area contributed by atoms with Crippen LogP contribution in [0.4, 0.5) is 10.1 Å². The van der Waals surface area contributed by atoms with Gasteiger partial charge < -0.3 is 5.11 Å². The van der Waals surface area contributed by atoms with Crippen LogP contribution in [0.25, 0.3) is 0 Å². The van der Waals surface area contributed by atoms with Gasteiger partial charge >= 0.3 is 5.69 Å². The Morgan fingerprint density at radius 1 is 1.50 bits per heavy atom. The van der Waals surface area contributed by atoms with Crippen LogP contribution in [0.15, 0.2) is 17.0 Å². The lowest BCUT2D eigenvalue weighted by atomic mass is 10.2. The molecule has 0 aliphatic rings. The third kappa shape index (κ3) is 3.71. The Labute approximate surface area is 115 Å². The molecule has 0 aliphatic carbocycles. The van der Waals surface area contributed by atoms with Crippen molar-refractivity contribution in [1.82, 2.24) is 4.72 Å².